The Bertz CT molecular complexity index is 378. The first-order valence-electron chi connectivity index (χ1n) is 4.64. The molecule has 1 aromatic heterocycles. The van der Waals surface area contributed by atoms with Gasteiger partial charge in [0.15, 0.2) is 0 Å². The molecular weight excluding hydrogens is 216 g/mol. The molecule has 1 rings (SSSR count). The Morgan fingerprint density at radius 1 is 1.50 bits per heavy atom. The molecule has 0 radical (unpaired) electrons. The summed E-state index contributed by atoms with van der Waals surface area (Å²) in [5.74, 6) is 0.293. The molecule has 0 amide bonds. The van der Waals surface area contributed by atoms with Crippen LogP contribution in [0.1, 0.15) is 12.5 Å². The zero-order valence-electron chi connectivity index (χ0n) is 8.80. The van der Waals surface area contributed by atoms with E-state index >= 15 is 0 Å². The molecule has 7 heteroatoms. The summed E-state index contributed by atoms with van der Waals surface area (Å²) >= 11 is 0. The van der Waals surface area contributed by atoms with Crippen LogP contribution in [-0.4, -0.2) is 35.1 Å². The van der Waals surface area contributed by atoms with Crippen LogP contribution in [-0.2, 0) is 0 Å². The second-order valence-electron chi connectivity index (χ2n) is 3.26. The highest BCUT2D eigenvalue weighted by molar-refractivity contribution is 6.04. The molecule has 0 aliphatic heterocycles. The van der Waals surface area contributed by atoms with Gasteiger partial charge >= 0.3 is 0 Å². The van der Waals surface area contributed by atoms with Crippen LogP contribution in [0.4, 0.5) is 20.4 Å². The number of hydrogen-bond donors (Lipinski definition) is 3. The molecule has 0 saturated carbocycles. The summed E-state index contributed by atoms with van der Waals surface area (Å²) in [6, 6.07) is -0.979. The SMILES string of the molecule is CC(=N)c1c(N)ncnc1NC(CF)CF. The lowest BCUT2D eigenvalue weighted by molar-refractivity contribution is 0.368. The van der Waals surface area contributed by atoms with Gasteiger partial charge in [-0.05, 0) is 6.92 Å². The Morgan fingerprint density at radius 2 is 2.12 bits per heavy atom. The highest BCUT2D eigenvalue weighted by Crippen LogP contribution is 2.18. The van der Waals surface area contributed by atoms with E-state index in [-0.39, 0.29) is 22.9 Å². The summed E-state index contributed by atoms with van der Waals surface area (Å²) in [5.41, 5.74) is 5.97. The predicted molar refractivity (Wildman–Crippen MR) is 58.3 cm³/mol. The Balaban J connectivity index is 3.03. The van der Waals surface area contributed by atoms with E-state index in [1.807, 2.05) is 0 Å². The Kier molecular flexibility index (Phi) is 4.10. The van der Waals surface area contributed by atoms with Crippen molar-refractivity contribution in [3.63, 3.8) is 0 Å². The third-order valence-corrected chi connectivity index (χ3v) is 1.96. The Labute approximate surface area is 91.6 Å². The molecule has 0 aromatic carbocycles. The van der Waals surface area contributed by atoms with Gasteiger partial charge in [-0.2, -0.15) is 0 Å². The van der Waals surface area contributed by atoms with Gasteiger partial charge < -0.3 is 16.5 Å². The number of rotatable bonds is 5. The summed E-state index contributed by atoms with van der Waals surface area (Å²) < 4.78 is 24.7. The van der Waals surface area contributed by atoms with Gasteiger partial charge in [-0.15, -0.1) is 0 Å². The van der Waals surface area contributed by atoms with E-state index in [4.69, 9.17) is 11.1 Å². The van der Waals surface area contributed by atoms with Crippen molar-refractivity contribution in [2.45, 2.75) is 13.0 Å². The number of nitrogen functional groups attached to an aromatic ring is 1. The summed E-state index contributed by atoms with van der Waals surface area (Å²) in [5, 5.41) is 10.0. The van der Waals surface area contributed by atoms with Crippen LogP contribution in [0.5, 0.6) is 0 Å². The lowest BCUT2D eigenvalue weighted by Crippen LogP contribution is -2.26. The normalized spacial score (nSPS) is 10.5. The van der Waals surface area contributed by atoms with Crippen LogP contribution in [0.25, 0.3) is 0 Å². The molecule has 0 saturated heterocycles. The molecule has 1 aromatic rings. The standard InChI is InChI=1S/C9H13F2N5/c1-5(12)7-8(13)14-4-15-9(7)16-6(2-10)3-11/h4,6,12H,2-3H2,1H3,(H3,13,14,15,16). The van der Waals surface area contributed by atoms with Gasteiger partial charge in [0.2, 0.25) is 0 Å². The van der Waals surface area contributed by atoms with Crippen molar-refractivity contribution in [1.82, 2.24) is 9.97 Å². The average molecular weight is 229 g/mol. The van der Waals surface area contributed by atoms with E-state index in [0.29, 0.717) is 0 Å². The van der Waals surface area contributed by atoms with Crippen molar-refractivity contribution in [3.8, 4) is 0 Å². The zero-order chi connectivity index (χ0) is 12.1. The van der Waals surface area contributed by atoms with E-state index in [0.717, 1.165) is 0 Å². The van der Waals surface area contributed by atoms with E-state index in [9.17, 15) is 8.78 Å². The monoisotopic (exact) mass is 229 g/mol. The molecule has 0 atom stereocenters. The largest absolute Gasteiger partial charge is 0.383 e. The maximum absolute atomic E-state index is 12.3. The fraction of sp³-hybridized carbons (Fsp3) is 0.444. The number of aromatic nitrogens is 2. The van der Waals surface area contributed by atoms with Crippen LogP contribution in [0, 0.1) is 5.41 Å². The molecule has 16 heavy (non-hydrogen) atoms. The molecule has 0 aliphatic rings. The van der Waals surface area contributed by atoms with Crippen molar-refractivity contribution < 1.29 is 8.78 Å². The third kappa shape index (κ3) is 2.62. The Morgan fingerprint density at radius 3 is 2.62 bits per heavy atom. The summed E-state index contributed by atoms with van der Waals surface area (Å²) in [7, 11) is 0. The molecule has 5 nitrogen and oxygen atoms in total. The minimum atomic E-state index is -0.979. The summed E-state index contributed by atoms with van der Waals surface area (Å²) in [4.78, 5) is 7.54. The van der Waals surface area contributed by atoms with Gasteiger partial charge in [0.1, 0.15) is 31.3 Å². The van der Waals surface area contributed by atoms with Crippen molar-refractivity contribution in [3.05, 3.63) is 11.9 Å². The molecule has 0 fully saturated rings. The van der Waals surface area contributed by atoms with Crippen LogP contribution in [0.3, 0.4) is 0 Å². The first-order chi connectivity index (χ1) is 7.60. The van der Waals surface area contributed by atoms with Gasteiger partial charge in [-0.1, -0.05) is 0 Å². The van der Waals surface area contributed by atoms with Crippen molar-refractivity contribution >= 4 is 17.3 Å². The lowest BCUT2D eigenvalue weighted by Gasteiger charge is -2.15. The number of nitrogens with two attached hydrogens (primary N) is 1. The second kappa shape index (κ2) is 5.34. The second-order valence-corrected chi connectivity index (χ2v) is 3.26. The molecule has 1 heterocycles. The number of nitrogens with zero attached hydrogens (tertiary/aromatic N) is 2. The Hall–Kier alpha value is -1.79. The zero-order valence-corrected chi connectivity index (χ0v) is 8.80. The smallest absolute Gasteiger partial charge is 0.141 e. The fourth-order valence-electron chi connectivity index (χ4n) is 1.19. The quantitative estimate of drug-likeness (QED) is 0.661. The average Bonchev–Trinajstić information content (AvgIpc) is 2.25. The number of halogens is 2. The number of alkyl halides is 2. The van der Waals surface area contributed by atoms with E-state index in [1.54, 1.807) is 0 Å². The van der Waals surface area contributed by atoms with Gasteiger partial charge in [-0.3, -0.25) is 0 Å². The summed E-state index contributed by atoms with van der Waals surface area (Å²) in [6.45, 7) is -0.228. The first kappa shape index (κ1) is 12.3. The van der Waals surface area contributed by atoms with E-state index in [2.05, 4.69) is 15.3 Å². The molecular formula is C9H13F2N5. The minimum absolute atomic E-state index is 0.112. The highest BCUT2D eigenvalue weighted by Gasteiger charge is 2.15. The maximum Gasteiger partial charge on any atom is 0.141 e. The lowest BCUT2D eigenvalue weighted by atomic mass is 10.2. The summed E-state index contributed by atoms with van der Waals surface area (Å²) in [6.07, 6.45) is 1.18. The van der Waals surface area contributed by atoms with Gasteiger partial charge in [-0.25, -0.2) is 18.7 Å². The molecule has 0 aliphatic carbocycles. The predicted octanol–water partition coefficient (Wildman–Crippen LogP) is 1.17. The van der Waals surface area contributed by atoms with Crippen LogP contribution < -0.4 is 11.1 Å². The molecule has 0 unspecified atom stereocenters. The minimum Gasteiger partial charge on any atom is -0.383 e. The van der Waals surface area contributed by atoms with E-state index in [1.165, 1.54) is 13.3 Å². The van der Waals surface area contributed by atoms with Crippen molar-refractivity contribution in [1.29, 1.82) is 5.41 Å². The van der Waals surface area contributed by atoms with Crippen molar-refractivity contribution in [2.24, 2.45) is 0 Å². The van der Waals surface area contributed by atoms with Crippen LogP contribution in [0.2, 0.25) is 0 Å². The third-order valence-electron chi connectivity index (χ3n) is 1.96. The molecule has 88 valence electrons. The highest BCUT2D eigenvalue weighted by atomic mass is 19.1. The molecule has 0 bridgehead atoms. The number of nitrogens with one attached hydrogen (secondary N) is 2. The number of anilines is 2. The van der Waals surface area contributed by atoms with Gasteiger partial charge in [0, 0.05) is 5.71 Å². The van der Waals surface area contributed by atoms with Gasteiger partial charge in [0.05, 0.1) is 11.6 Å². The van der Waals surface area contributed by atoms with Crippen LogP contribution >= 0.6 is 0 Å². The van der Waals surface area contributed by atoms with Gasteiger partial charge in [0.25, 0.3) is 0 Å². The van der Waals surface area contributed by atoms with Crippen molar-refractivity contribution in [2.75, 3.05) is 24.4 Å². The molecule has 4 N–H and O–H groups in total. The fourth-order valence-corrected chi connectivity index (χ4v) is 1.19. The van der Waals surface area contributed by atoms with Crippen LogP contribution in [0.15, 0.2) is 6.33 Å². The molecule has 0 spiro atoms. The topological polar surface area (TPSA) is 87.7 Å². The maximum atomic E-state index is 12.3. The first-order valence-corrected chi connectivity index (χ1v) is 4.64. The number of hydrogen-bond acceptors (Lipinski definition) is 5. The van der Waals surface area contributed by atoms with E-state index < -0.39 is 19.4 Å².